The van der Waals surface area contributed by atoms with Crippen LogP contribution in [0.3, 0.4) is 0 Å². The quantitative estimate of drug-likeness (QED) is 0.522. The largest absolute Gasteiger partial charge is 0.346 e. The Balaban J connectivity index is 2.23. The van der Waals surface area contributed by atoms with E-state index in [4.69, 9.17) is 11.6 Å². The zero-order valence-corrected chi connectivity index (χ0v) is 18.3. The van der Waals surface area contributed by atoms with Gasteiger partial charge in [-0.2, -0.15) is 5.10 Å². The molecule has 2 aromatic carbocycles. The molecule has 4 nitrogen and oxygen atoms in total. The second-order valence-corrected chi connectivity index (χ2v) is 8.86. The standard InChI is InChI=1S/C21H20BrClFN3O/c1-12-18(20(28)25-21(2,3)4)26-27(17-10-7-14(22)11-16(17)23)19(12)13-5-8-15(24)9-6-13/h5-11H,1-4H3,(H,25,28). The predicted molar refractivity (Wildman–Crippen MR) is 114 cm³/mol. The van der Waals surface area contributed by atoms with E-state index in [2.05, 4.69) is 26.3 Å². The van der Waals surface area contributed by atoms with Crippen LogP contribution in [0.25, 0.3) is 16.9 Å². The Hall–Kier alpha value is -2.18. The van der Waals surface area contributed by atoms with Crippen molar-refractivity contribution in [2.75, 3.05) is 0 Å². The topological polar surface area (TPSA) is 46.9 Å². The summed E-state index contributed by atoms with van der Waals surface area (Å²) in [5.41, 5.74) is 2.63. The van der Waals surface area contributed by atoms with Crippen molar-refractivity contribution < 1.29 is 9.18 Å². The van der Waals surface area contributed by atoms with Crippen LogP contribution in [-0.4, -0.2) is 21.2 Å². The number of benzene rings is 2. The molecule has 28 heavy (non-hydrogen) atoms. The maximum atomic E-state index is 13.4. The van der Waals surface area contributed by atoms with Gasteiger partial charge < -0.3 is 5.32 Å². The Morgan fingerprint density at radius 1 is 1.18 bits per heavy atom. The molecule has 1 amide bonds. The molecular weight excluding hydrogens is 445 g/mol. The molecule has 0 spiro atoms. The normalized spacial score (nSPS) is 11.5. The molecule has 146 valence electrons. The molecule has 0 saturated carbocycles. The number of carbonyl (C=O) groups is 1. The lowest BCUT2D eigenvalue weighted by atomic mass is 10.0. The van der Waals surface area contributed by atoms with Crippen LogP contribution in [0.15, 0.2) is 46.9 Å². The first-order valence-corrected chi connectivity index (χ1v) is 9.87. The second kappa shape index (κ2) is 7.68. The highest BCUT2D eigenvalue weighted by molar-refractivity contribution is 9.10. The molecule has 3 aromatic rings. The lowest BCUT2D eigenvalue weighted by molar-refractivity contribution is 0.0913. The van der Waals surface area contributed by atoms with Crippen molar-refractivity contribution >= 4 is 33.4 Å². The third-order valence-corrected chi connectivity index (χ3v) is 4.88. The number of carbonyl (C=O) groups excluding carboxylic acids is 1. The monoisotopic (exact) mass is 463 g/mol. The lowest BCUT2D eigenvalue weighted by Gasteiger charge is -2.19. The fraction of sp³-hybridized carbons (Fsp3) is 0.238. The van der Waals surface area contributed by atoms with Crippen molar-refractivity contribution in [2.45, 2.75) is 33.2 Å². The summed E-state index contributed by atoms with van der Waals surface area (Å²) in [6, 6.07) is 11.5. The van der Waals surface area contributed by atoms with Crippen LogP contribution in [0, 0.1) is 12.7 Å². The maximum Gasteiger partial charge on any atom is 0.272 e. The van der Waals surface area contributed by atoms with Crippen molar-refractivity contribution in [2.24, 2.45) is 0 Å². The summed E-state index contributed by atoms with van der Waals surface area (Å²) in [6.07, 6.45) is 0. The van der Waals surface area contributed by atoms with E-state index in [0.29, 0.717) is 27.7 Å². The van der Waals surface area contributed by atoms with Gasteiger partial charge in [0.05, 0.1) is 16.4 Å². The summed E-state index contributed by atoms with van der Waals surface area (Å²) in [7, 11) is 0. The van der Waals surface area contributed by atoms with Crippen molar-refractivity contribution in [3.63, 3.8) is 0 Å². The van der Waals surface area contributed by atoms with Gasteiger partial charge in [-0.3, -0.25) is 4.79 Å². The van der Waals surface area contributed by atoms with Crippen molar-refractivity contribution in [3.05, 3.63) is 69.0 Å². The molecule has 3 rings (SSSR count). The lowest BCUT2D eigenvalue weighted by Crippen LogP contribution is -2.41. The zero-order valence-electron chi connectivity index (χ0n) is 16.0. The minimum absolute atomic E-state index is 0.277. The highest BCUT2D eigenvalue weighted by Crippen LogP contribution is 2.33. The number of aromatic nitrogens is 2. The number of halogens is 3. The first-order chi connectivity index (χ1) is 13.1. The molecule has 1 heterocycles. The average Bonchev–Trinajstić information content (AvgIpc) is 2.91. The average molecular weight is 465 g/mol. The number of hydrogen-bond acceptors (Lipinski definition) is 2. The third kappa shape index (κ3) is 4.28. The van der Waals surface area contributed by atoms with Gasteiger partial charge in [-0.05, 0) is 70.2 Å². The van der Waals surface area contributed by atoms with Gasteiger partial charge in [-0.1, -0.05) is 27.5 Å². The van der Waals surface area contributed by atoms with E-state index in [9.17, 15) is 9.18 Å². The summed E-state index contributed by atoms with van der Waals surface area (Å²) in [5, 5.41) is 7.98. The van der Waals surface area contributed by atoms with Crippen molar-refractivity contribution in [3.8, 4) is 16.9 Å². The Morgan fingerprint density at radius 3 is 2.39 bits per heavy atom. The van der Waals surface area contributed by atoms with E-state index in [1.807, 2.05) is 39.8 Å². The second-order valence-electron chi connectivity index (χ2n) is 7.54. The van der Waals surface area contributed by atoms with Gasteiger partial charge in [0.15, 0.2) is 5.69 Å². The Labute approximate surface area is 176 Å². The van der Waals surface area contributed by atoms with Gasteiger partial charge >= 0.3 is 0 Å². The van der Waals surface area contributed by atoms with Gasteiger partial charge in [0.2, 0.25) is 0 Å². The number of rotatable bonds is 3. The summed E-state index contributed by atoms with van der Waals surface area (Å²) in [5.74, 6) is -0.611. The molecule has 0 saturated heterocycles. The molecule has 0 aliphatic carbocycles. The minimum atomic E-state index is -0.404. The van der Waals surface area contributed by atoms with Crippen LogP contribution >= 0.6 is 27.5 Å². The van der Waals surface area contributed by atoms with E-state index in [1.54, 1.807) is 22.9 Å². The Kier molecular flexibility index (Phi) is 5.64. The summed E-state index contributed by atoms with van der Waals surface area (Å²) in [4.78, 5) is 12.8. The smallest absolute Gasteiger partial charge is 0.272 e. The van der Waals surface area contributed by atoms with E-state index >= 15 is 0 Å². The molecule has 0 radical (unpaired) electrons. The van der Waals surface area contributed by atoms with Crippen molar-refractivity contribution in [1.82, 2.24) is 15.1 Å². The number of nitrogens with zero attached hydrogens (tertiary/aromatic N) is 2. The van der Waals surface area contributed by atoms with E-state index < -0.39 is 5.54 Å². The van der Waals surface area contributed by atoms with Gasteiger partial charge in [-0.25, -0.2) is 9.07 Å². The van der Waals surface area contributed by atoms with Crippen LogP contribution < -0.4 is 5.32 Å². The Morgan fingerprint density at radius 2 is 1.82 bits per heavy atom. The maximum absolute atomic E-state index is 13.4. The van der Waals surface area contributed by atoms with Crippen molar-refractivity contribution in [1.29, 1.82) is 0 Å². The van der Waals surface area contributed by atoms with E-state index in [-0.39, 0.29) is 11.7 Å². The summed E-state index contributed by atoms with van der Waals surface area (Å²) in [6.45, 7) is 7.55. The summed E-state index contributed by atoms with van der Waals surface area (Å²) >= 11 is 9.84. The van der Waals surface area contributed by atoms with Crippen LogP contribution in [0.2, 0.25) is 5.02 Å². The number of hydrogen-bond donors (Lipinski definition) is 1. The molecule has 0 aliphatic rings. The first kappa shape index (κ1) is 20.6. The van der Waals surface area contributed by atoms with Crippen LogP contribution in [0.4, 0.5) is 4.39 Å². The van der Waals surface area contributed by atoms with Gasteiger partial charge in [0.1, 0.15) is 5.82 Å². The fourth-order valence-corrected chi connectivity index (χ4v) is 3.64. The Bertz CT molecular complexity index is 1040. The molecule has 1 aromatic heterocycles. The zero-order chi connectivity index (χ0) is 20.6. The minimum Gasteiger partial charge on any atom is -0.346 e. The van der Waals surface area contributed by atoms with Crippen LogP contribution in [0.5, 0.6) is 0 Å². The first-order valence-electron chi connectivity index (χ1n) is 8.70. The highest BCUT2D eigenvalue weighted by atomic mass is 79.9. The fourth-order valence-electron chi connectivity index (χ4n) is 2.89. The SMILES string of the molecule is Cc1c(C(=O)NC(C)(C)C)nn(-c2ccc(Br)cc2Cl)c1-c1ccc(F)cc1. The van der Waals surface area contributed by atoms with Crippen LogP contribution in [-0.2, 0) is 0 Å². The molecule has 0 atom stereocenters. The molecule has 0 fully saturated rings. The molecule has 1 N–H and O–H groups in total. The van der Waals surface area contributed by atoms with Gasteiger partial charge in [-0.15, -0.1) is 0 Å². The molecule has 0 unspecified atom stereocenters. The number of nitrogens with one attached hydrogen (secondary N) is 1. The van der Waals surface area contributed by atoms with Crippen LogP contribution in [0.1, 0.15) is 36.8 Å². The van der Waals surface area contributed by atoms with E-state index in [0.717, 1.165) is 10.0 Å². The third-order valence-electron chi connectivity index (χ3n) is 4.08. The number of amides is 1. The molecule has 0 bridgehead atoms. The predicted octanol–water partition coefficient (Wildman–Crippen LogP) is 5.93. The highest BCUT2D eigenvalue weighted by Gasteiger charge is 2.25. The molecule has 7 heteroatoms. The van der Waals surface area contributed by atoms with Gasteiger partial charge in [0, 0.05) is 21.1 Å². The molecule has 0 aliphatic heterocycles. The van der Waals surface area contributed by atoms with Gasteiger partial charge in [0.25, 0.3) is 5.91 Å². The molecular formula is C21H20BrClFN3O. The van der Waals surface area contributed by atoms with E-state index in [1.165, 1.54) is 12.1 Å². The summed E-state index contributed by atoms with van der Waals surface area (Å²) < 4.78 is 15.9.